The lowest BCUT2D eigenvalue weighted by Crippen LogP contribution is -2.13. The Morgan fingerprint density at radius 1 is 1.30 bits per heavy atom. The number of hydrogen-bond acceptors (Lipinski definition) is 3. The lowest BCUT2D eigenvalue weighted by atomic mass is 10.2. The summed E-state index contributed by atoms with van der Waals surface area (Å²) >= 11 is 0. The summed E-state index contributed by atoms with van der Waals surface area (Å²) < 4.78 is 24.2. The van der Waals surface area contributed by atoms with Crippen molar-refractivity contribution < 1.29 is 13.5 Å². The van der Waals surface area contributed by atoms with Crippen LogP contribution in [0.25, 0.3) is 0 Å². The highest BCUT2D eigenvalue weighted by Crippen LogP contribution is 2.18. The summed E-state index contributed by atoms with van der Waals surface area (Å²) in [5, 5.41) is 3.34. The van der Waals surface area contributed by atoms with Gasteiger partial charge in [-0.25, -0.2) is 4.39 Å². The molecule has 2 rings (SSSR count). The maximum absolute atomic E-state index is 13.0. The molecule has 0 bridgehead atoms. The third-order valence-electron chi connectivity index (χ3n) is 2.99. The molecule has 0 atom stereocenters. The Bertz CT molecular complexity index is 551. The number of aryl methyl sites for hydroxylation is 1. The molecule has 0 aliphatic rings. The SMILES string of the molecule is CCCNCc1cc(COc2cccc(F)c2)oc1C. The normalized spacial score (nSPS) is 10.8. The van der Waals surface area contributed by atoms with Gasteiger partial charge in [-0.3, -0.25) is 0 Å². The first kappa shape index (κ1) is 14.6. The number of benzene rings is 1. The van der Waals surface area contributed by atoms with Crippen LogP contribution in [0.1, 0.15) is 30.4 Å². The second-order valence-corrected chi connectivity index (χ2v) is 4.72. The van der Waals surface area contributed by atoms with Gasteiger partial charge in [-0.15, -0.1) is 0 Å². The Labute approximate surface area is 118 Å². The number of rotatable bonds is 7. The van der Waals surface area contributed by atoms with Crippen LogP contribution in [-0.4, -0.2) is 6.54 Å². The molecule has 4 heteroatoms. The minimum Gasteiger partial charge on any atom is -0.486 e. The quantitative estimate of drug-likeness (QED) is 0.782. The van der Waals surface area contributed by atoms with Crippen molar-refractivity contribution in [1.82, 2.24) is 5.32 Å². The molecule has 2 aromatic rings. The fourth-order valence-corrected chi connectivity index (χ4v) is 1.95. The summed E-state index contributed by atoms with van der Waals surface area (Å²) in [5.41, 5.74) is 1.14. The molecule has 1 aromatic carbocycles. The third-order valence-corrected chi connectivity index (χ3v) is 2.99. The highest BCUT2D eigenvalue weighted by Gasteiger charge is 2.08. The van der Waals surface area contributed by atoms with Crippen molar-refractivity contribution >= 4 is 0 Å². The van der Waals surface area contributed by atoms with E-state index in [0.717, 1.165) is 36.6 Å². The number of halogens is 1. The van der Waals surface area contributed by atoms with Gasteiger partial charge in [0, 0.05) is 18.2 Å². The van der Waals surface area contributed by atoms with Gasteiger partial charge < -0.3 is 14.5 Å². The second-order valence-electron chi connectivity index (χ2n) is 4.72. The average Bonchev–Trinajstić information content (AvgIpc) is 2.78. The van der Waals surface area contributed by atoms with Crippen molar-refractivity contribution in [3.63, 3.8) is 0 Å². The first-order valence-corrected chi connectivity index (χ1v) is 6.86. The fraction of sp³-hybridized carbons (Fsp3) is 0.375. The summed E-state index contributed by atoms with van der Waals surface area (Å²) in [6.45, 7) is 6.16. The zero-order valence-corrected chi connectivity index (χ0v) is 11.9. The first-order chi connectivity index (χ1) is 9.69. The van der Waals surface area contributed by atoms with Gasteiger partial charge in [-0.1, -0.05) is 13.0 Å². The van der Waals surface area contributed by atoms with E-state index in [1.807, 2.05) is 13.0 Å². The highest BCUT2D eigenvalue weighted by atomic mass is 19.1. The van der Waals surface area contributed by atoms with E-state index in [4.69, 9.17) is 9.15 Å². The second kappa shape index (κ2) is 7.10. The standard InChI is InChI=1S/C16H20FNO2/c1-3-7-18-10-13-8-16(20-12(13)2)11-19-15-6-4-5-14(17)9-15/h4-6,8-9,18H,3,7,10-11H2,1-2H3. The van der Waals surface area contributed by atoms with Crippen LogP contribution in [0.15, 0.2) is 34.7 Å². The molecule has 0 unspecified atom stereocenters. The maximum atomic E-state index is 13.0. The Morgan fingerprint density at radius 3 is 2.90 bits per heavy atom. The van der Waals surface area contributed by atoms with Gasteiger partial charge in [0.2, 0.25) is 0 Å². The van der Waals surface area contributed by atoms with Crippen LogP contribution in [0.2, 0.25) is 0 Å². The molecule has 0 spiro atoms. The van der Waals surface area contributed by atoms with Crippen molar-refractivity contribution in [3.8, 4) is 5.75 Å². The van der Waals surface area contributed by atoms with E-state index in [9.17, 15) is 4.39 Å². The third kappa shape index (κ3) is 4.10. The van der Waals surface area contributed by atoms with Gasteiger partial charge in [0.15, 0.2) is 0 Å². The predicted molar refractivity (Wildman–Crippen MR) is 76.2 cm³/mol. The fourth-order valence-electron chi connectivity index (χ4n) is 1.95. The Kier molecular flexibility index (Phi) is 5.18. The summed E-state index contributed by atoms with van der Waals surface area (Å²) in [4.78, 5) is 0. The molecule has 0 saturated heterocycles. The molecule has 0 amide bonds. The van der Waals surface area contributed by atoms with E-state index >= 15 is 0 Å². The summed E-state index contributed by atoms with van der Waals surface area (Å²) in [6, 6.07) is 8.08. The van der Waals surface area contributed by atoms with Crippen LogP contribution in [0.5, 0.6) is 5.75 Å². The largest absolute Gasteiger partial charge is 0.486 e. The number of nitrogens with one attached hydrogen (secondary N) is 1. The predicted octanol–water partition coefficient (Wildman–Crippen LogP) is 3.81. The minimum atomic E-state index is -0.303. The van der Waals surface area contributed by atoms with Crippen molar-refractivity contribution in [1.29, 1.82) is 0 Å². The number of ether oxygens (including phenoxy) is 1. The summed E-state index contributed by atoms with van der Waals surface area (Å²) in [6.07, 6.45) is 1.10. The van der Waals surface area contributed by atoms with E-state index < -0.39 is 0 Å². The van der Waals surface area contributed by atoms with Gasteiger partial charge in [-0.2, -0.15) is 0 Å². The minimum absolute atomic E-state index is 0.303. The van der Waals surface area contributed by atoms with E-state index in [2.05, 4.69) is 12.2 Å². The lowest BCUT2D eigenvalue weighted by molar-refractivity contribution is 0.266. The van der Waals surface area contributed by atoms with E-state index in [-0.39, 0.29) is 5.82 Å². The van der Waals surface area contributed by atoms with Crippen LogP contribution in [0.3, 0.4) is 0 Å². The van der Waals surface area contributed by atoms with Crippen LogP contribution in [-0.2, 0) is 13.2 Å². The first-order valence-electron chi connectivity index (χ1n) is 6.86. The monoisotopic (exact) mass is 277 g/mol. The smallest absolute Gasteiger partial charge is 0.146 e. The molecule has 0 saturated carbocycles. The van der Waals surface area contributed by atoms with Crippen LogP contribution in [0, 0.1) is 12.7 Å². The zero-order valence-electron chi connectivity index (χ0n) is 11.9. The van der Waals surface area contributed by atoms with Crippen molar-refractivity contribution in [2.24, 2.45) is 0 Å². The van der Waals surface area contributed by atoms with Crippen molar-refractivity contribution in [3.05, 3.63) is 53.2 Å². The lowest BCUT2D eigenvalue weighted by Gasteiger charge is -2.03. The molecule has 0 fully saturated rings. The van der Waals surface area contributed by atoms with E-state index in [1.54, 1.807) is 12.1 Å². The van der Waals surface area contributed by atoms with Crippen LogP contribution in [0.4, 0.5) is 4.39 Å². The topological polar surface area (TPSA) is 34.4 Å². The molecular formula is C16H20FNO2. The molecule has 1 aromatic heterocycles. The Morgan fingerprint density at radius 2 is 2.15 bits per heavy atom. The molecule has 1 N–H and O–H groups in total. The number of hydrogen-bond donors (Lipinski definition) is 1. The molecule has 108 valence electrons. The van der Waals surface area contributed by atoms with Gasteiger partial charge >= 0.3 is 0 Å². The van der Waals surface area contributed by atoms with Gasteiger partial charge in [0.1, 0.15) is 29.7 Å². The van der Waals surface area contributed by atoms with Crippen molar-refractivity contribution in [2.75, 3.05) is 6.54 Å². The van der Waals surface area contributed by atoms with E-state index in [0.29, 0.717) is 12.4 Å². The molecule has 3 nitrogen and oxygen atoms in total. The van der Waals surface area contributed by atoms with Crippen LogP contribution >= 0.6 is 0 Å². The molecule has 0 aliphatic carbocycles. The highest BCUT2D eigenvalue weighted by molar-refractivity contribution is 5.24. The Balaban J connectivity index is 1.91. The van der Waals surface area contributed by atoms with E-state index in [1.165, 1.54) is 12.1 Å². The van der Waals surface area contributed by atoms with Crippen LogP contribution < -0.4 is 10.1 Å². The average molecular weight is 277 g/mol. The molecule has 0 radical (unpaired) electrons. The maximum Gasteiger partial charge on any atom is 0.146 e. The summed E-state index contributed by atoms with van der Waals surface area (Å²) in [7, 11) is 0. The van der Waals surface area contributed by atoms with Gasteiger partial charge in [-0.05, 0) is 38.1 Å². The summed E-state index contributed by atoms with van der Waals surface area (Å²) in [5.74, 6) is 1.85. The molecular weight excluding hydrogens is 257 g/mol. The van der Waals surface area contributed by atoms with Gasteiger partial charge in [0.25, 0.3) is 0 Å². The molecule has 20 heavy (non-hydrogen) atoms. The number of furan rings is 1. The van der Waals surface area contributed by atoms with Gasteiger partial charge in [0.05, 0.1) is 0 Å². The Hall–Kier alpha value is -1.81. The van der Waals surface area contributed by atoms with Crippen molar-refractivity contribution in [2.45, 2.75) is 33.4 Å². The molecule has 1 heterocycles. The zero-order chi connectivity index (χ0) is 14.4. The molecule has 0 aliphatic heterocycles.